The highest BCUT2D eigenvalue weighted by atomic mass is 16.7. The molecule has 0 spiro atoms. The molecule has 0 aromatic heterocycles. The molecule has 0 aliphatic carbocycles. The third-order valence-corrected chi connectivity index (χ3v) is 6.07. The van der Waals surface area contributed by atoms with Gasteiger partial charge in [0, 0.05) is 30.2 Å². The lowest BCUT2D eigenvalue weighted by atomic mass is 9.99. The number of aliphatic hydroxyl groups excluding tert-OH is 3. The summed E-state index contributed by atoms with van der Waals surface area (Å²) in [7, 11) is 0. The van der Waals surface area contributed by atoms with Crippen molar-refractivity contribution >= 4 is 35.2 Å². The van der Waals surface area contributed by atoms with E-state index in [2.05, 4.69) is 29.4 Å². The third-order valence-electron chi connectivity index (χ3n) is 6.07. The second kappa shape index (κ2) is 14.5. The minimum Gasteiger partial charge on any atom is -0.479 e. The zero-order chi connectivity index (χ0) is 29.2. The fourth-order valence-corrected chi connectivity index (χ4v) is 4.05. The van der Waals surface area contributed by atoms with Crippen molar-refractivity contribution in [3.8, 4) is 0 Å². The molecule has 1 saturated heterocycles. The van der Waals surface area contributed by atoms with Crippen LogP contribution in [-0.4, -0.2) is 82.4 Å². The molecule has 5 atom stereocenters. The van der Waals surface area contributed by atoms with Gasteiger partial charge in [-0.1, -0.05) is 26.0 Å². The topological polar surface area (TPSA) is 187 Å². The lowest BCUT2D eigenvalue weighted by Crippen LogP contribution is -2.60. The number of nitrogens with one attached hydrogen (secondary N) is 2. The Morgan fingerprint density at radius 2 is 1.38 bits per heavy atom. The Morgan fingerprint density at radius 1 is 0.825 bits per heavy atom. The molecule has 13 nitrogen and oxygen atoms in total. The summed E-state index contributed by atoms with van der Waals surface area (Å²) in [5.74, 6) is -1.60. The molecule has 6 N–H and O–H groups in total. The molecule has 2 aromatic rings. The van der Waals surface area contributed by atoms with Gasteiger partial charge in [-0.3, -0.25) is 10.6 Å². The Hall–Kier alpha value is -3.91. The van der Waals surface area contributed by atoms with Crippen LogP contribution in [0.1, 0.15) is 32.3 Å². The first kappa shape index (κ1) is 30.6. The summed E-state index contributed by atoms with van der Waals surface area (Å²) in [5.41, 5.74) is 2.60. The van der Waals surface area contributed by atoms with E-state index >= 15 is 0 Å². The smallest absolute Gasteiger partial charge is 0.414 e. The summed E-state index contributed by atoms with van der Waals surface area (Å²) >= 11 is 0. The van der Waals surface area contributed by atoms with Crippen LogP contribution in [0, 0.1) is 0 Å². The molecule has 5 unspecified atom stereocenters. The van der Waals surface area contributed by atoms with Gasteiger partial charge in [-0.05, 0) is 54.8 Å². The summed E-state index contributed by atoms with van der Waals surface area (Å²) in [6.07, 6.45) is -9.03. The molecule has 3 rings (SSSR count). The number of aliphatic hydroxyl groups is 3. The van der Waals surface area contributed by atoms with Crippen LogP contribution in [0.3, 0.4) is 0 Å². The molecule has 2 aromatic carbocycles. The number of benzene rings is 2. The van der Waals surface area contributed by atoms with Gasteiger partial charge in [-0.15, -0.1) is 0 Å². The number of nitrogens with zero attached hydrogens (tertiary/aromatic N) is 1. The van der Waals surface area contributed by atoms with Crippen molar-refractivity contribution in [2.24, 2.45) is 0 Å². The number of carboxylic acids is 1. The first-order chi connectivity index (χ1) is 19.1. The maximum absolute atomic E-state index is 12.2. The Morgan fingerprint density at radius 3 is 1.93 bits per heavy atom. The van der Waals surface area contributed by atoms with Gasteiger partial charge in [0.15, 0.2) is 6.10 Å². The summed E-state index contributed by atoms with van der Waals surface area (Å²) in [6, 6.07) is 13.7. The summed E-state index contributed by atoms with van der Waals surface area (Å²) < 4.78 is 15.0. The monoisotopic (exact) mass is 561 g/mol. The molecule has 1 heterocycles. The van der Waals surface area contributed by atoms with E-state index in [0.29, 0.717) is 11.3 Å². The largest absolute Gasteiger partial charge is 0.479 e. The highest BCUT2D eigenvalue weighted by Crippen LogP contribution is 2.23. The van der Waals surface area contributed by atoms with E-state index in [0.717, 1.165) is 31.6 Å². The second-order valence-corrected chi connectivity index (χ2v) is 9.20. The van der Waals surface area contributed by atoms with Gasteiger partial charge in [0.1, 0.15) is 24.9 Å². The molecular weight excluding hydrogens is 526 g/mol. The molecule has 0 radical (unpaired) electrons. The second-order valence-electron chi connectivity index (χ2n) is 9.20. The maximum Gasteiger partial charge on any atom is 0.414 e. The predicted octanol–water partition coefficient (Wildman–Crippen LogP) is 2.50. The molecule has 2 amide bonds. The zero-order valence-electron chi connectivity index (χ0n) is 22.2. The predicted molar refractivity (Wildman–Crippen MR) is 144 cm³/mol. The van der Waals surface area contributed by atoms with Crippen molar-refractivity contribution in [1.29, 1.82) is 0 Å². The molecule has 1 fully saturated rings. The Bertz CT molecular complexity index is 1120. The number of hydrogen-bond acceptors (Lipinski definition) is 10. The van der Waals surface area contributed by atoms with Crippen molar-refractivity contribution in [2.75, 3.05) is 28.6 Å². The third kappa shape index (κ3) is 8.29. The van der Waals surface area contributed by atoms with E-state index in [4.69, 9.17) is 19.3 Å². The van der Waals surface area contributed by atoms with Gasteiger partial charge >= 0.3 is 18.2 Å². The number of carboxylic acid groups (broad SMARTS) is 1. The molecule has 13 heteroatoms. The van der Waals surface area contributed by atoms with E-state index in [1.165, 1.54) is 12.1 Å². The number of hydrogen-bond donors (Lipinski definition) is 6. The van der Waals surface area contributed by atoms with Crippen LogP contribution >= 0.6 is 0 Å². The van der Waals surface area contributed by atoms with Gasteiger partial charge in [0.05, 0.1) is 0 Å². The summed E-state index contributed by atoms with van der Waals surface area (Å²) in [5, 5.41) is 43.6. The highest BCUT2D eigenvalue weighted by molar-refractivity contribution is 5.85. The lowest BCUT2D eigenvalue weighted by Gasteiger charge is -2.37. The Kier molecular flexibility index (Phi) is 11.1. The molecule has 1 aliphatic heterocycles. The maximum atomic E-state index is 12.2. The minimum absolute atomic E-state index is 0.0334. The van der Waals surface area contributed by atoms with Gasteiger partial charge in [0.25, 0.3) is 0 Å². The standard InChI is InChI=1S/C27H35N3O10/c1-3-13-30(14-4-2)19-11-9-18(10-12-19)28-26(36)38-15-16-5-7-17(8-6-16)29-27(37)40-25-22(33)20(31)21(32)23(39-25)24(34)35/h5-12,20-23,25,31-33H,3-4,13-15H2,1-2H3,(H,28,36)(H,29,37)(H,34,35). The van der Waals surface area contributed by atoms with Crippen molar-refractivity contribution in [2.45, 2.75) is 64.0 Å². The number of amides is 2. The fourth-order valence-electron chi connectivity index (χ4n) is 4.05. The number of anilines is 3. The SMILES string of the molecule is CCCN(CCC)c1ccc(NC(=O)OCc2ccc(NC(=O)OC3OC(C(=O)O)C(O)C(O)C3O)cc2)cc1. The van der Waals surface area contributed by atoms with Crippen LogP contribution in [0.4, 0.5) is 26.7 Å². The average Bonchev–Trinajstić information content (AvgIpc) is 2.93. The van der Waals surface area contributed by atoms with Gasteiger partial charge in [0.2, 0.25) is 6.29 Å². The number of aliphatic carboxylic acids is 1. The van der Waals surface area contributed by atoms with Crippen LogP contribution in [0.2, 0.25) is 0 Å². The van der Waals surface area contributed by atoms with Crippen molar-refractivity contribution < 1.29 is 49.0 Å². The van der Waals surface area contributed by atoms with Gasteiger partial charge < -0.3 is 39.5 Å². The van der Waals surface area contributed by atoms with Crippen molar-refractivity contribution in [3.63, 3.8) is 0 Å². The van der Waals surface area contributed by atoms with Gasteiger partial charge in [-0.25, -0.2) is 14.4 Å². The number of rotatable bonds is 11. The first-order valence-corrected chi connectivity index (χ1v) is 12.9. The minimum atomic E-state index is -1.90. The van der Waals surface area contributed by atoms with Crippen LogP contribution in [0.15, 0.2) is 48.5 Å². The molecule has 218 valence electrons. The number of carbonyl (C=O) groups excluding carboxylic acids is 2. The Labute approximate surface area is 231 Å². The van der Waals surface area contributed by atoms with Crippen LogP contribution in [0.25, 0.3) is 0 Å². The Balaban J connectivity index is 1.46. The molecule has 0 bridgehead atoms. The highest BCUT2D eigenvalue weighted by Gasteiger charge is 2.48. The quantitative estimate of drug-likeness (QED) is 0.237. The van der Waals surface area contributed by atoms with E-state index in [1.54, 1.807) is 12.1 Å². The van der Waals surface area contributed by atoms with Crippen LogP contribution in [0.5, 0.6) is 0 Å². The van der Waals surface area contributed by atoms with E-state index in [9.17, 15) is 29.7 Å². The molecular formula is C27H35N3O10. The van der Waals surface area contributed by atoms with Crippen molar-refractivity contribution in [3.05, 3.63) is 54.1 Å². The molecule has 0 saturated carbocycles. The summed E-state index contributed by atoms with van der Waals surface area (Å²) in [4.78, 5) is 37.9. The normalized spacial score (nSPS) is 22.2. The van der Waals surface area contributed by atoms with Crippen molar-refractivity contribution in [1.82, 2.24) is 0 Å². The number of ether oxygens (including phenoxy) is 3. The number of carbonyl (C=O) groups is 3. The van der Waals surface area contributed by atoms with E-state index in [1.807, 2.05) is 24.3 Å². The zero-order valence-corrected chi connectivity index (χ0v) is 22.2. The average molecular weight is 562 g/mol. The summed E-state index contributed by atoms with van der Waals surface area (Å²) in [6.45, 7) is 6.14. The first-order valence-electron chi connectivity index (χ1n) is 12.9. The van der Waals surface area contributed by atoms with Crippen LogP contribution in [-0.2, 0) is 25.6 Å². The van der Waals surface area contributed by atoms with E-state index in [-0.39, 0.29) is 12.3 Å². The van der Waals surface area contributed by atoms with Gasteiger partial charge in [-0.2, -0.15) is 0 Å². The molecule has 40 heavy (non-hydrogen) atoms. The molecule has 1 aliphatic rings. The van der Waals surface area contributed by atoms with E-state index < -0.39 is 48.9 Å². The lowest BCUT2D eigenvalue weighted by molar-refractivity contribution is -0.277. The fraction of sp³-hybridized carbons (Fsp3) is 0.444. The van der Waals surface area contributed by atoms with Crippen LogP contribution < -0.4 is 15.5 Å².